The van der Waals surface area contributed by atoms with Gasteiger partial charge in [-0.3, -0.25) is 4.40 Å². The second kappa shape index (κ2) is 5.99. The Bertz CT molecular complexity index is 792. The number of hydrogen-bond acceptors (Lipinski definition) is 4. The van der Waals surface area contributed by atoms with Gasteiger partial charge < -0.3 is 5.32 Å². The first-order chi connectivity index (χ1) is 11.3. The molecule has 1 fully saturated rings. The van der Waals surface area contributed by atoms with Crippen molar-refractivity contribution in [2.75, 3.05) is 5.32 Å². The molecule has 4 rings (SSSR count). The lowest BCUT2D eigenvalue weighted by atomic mass is 10.1. The van der Waals surface area contributed by atoms with E-state index < -0.39 is 0 Å². The molecule has 1 aliphatic carbocycles. The Morgan fingerprint density at radius 1 is 1.22 bits per heavy atom. The lowest BCUT2D eigenvalue weighted by molar-refractivity contribution is 0.703. The van der Waals surface area contributed by atoms with Crippen molar-refractivity contribution in [1.29, 1.82) is 0 Å². The van der Waals surface area contributed by atoms with Crippen molar-refractivity contribution in [1.82, 2.24) is 19.6 Å². The van der Waals surface area contributed by atoms with Crippen molar-refractivity contribution < 1.29 is 0 Å². The van der Waals surface area contributed by atoms with Gasteiger partial charge in [-0.25, -0.2) is 4.98 Å². The quantitative estimate of drug-likeness (QED) is 0.758. The van der Waals surface area contributed by atoms with E-state index in [2.05, 4.69) is 62.2 Å². The van der Waals surface area contributed by atoms with Crippen LogP contribution < -0.4 is 5.32 Å². The third-order valence-electron chi connectivity index (χ3n) is 4.39. The second-order valence-electron chi connectivity index (χ2n) is 6.37. The van der Waals surface area contributed by atoms with Gasteiger partial charge in [-0.1, -0.05) is 30.3 Å². The van der Waals surface area contributed by atoms with Gasteiger partial charge in [-0.15, -0.1) is 10.2 Å². The Morgan fingerprint density at radius 2 is 2.04 bits per heavy atom. The number of aryl methyl sites for hydroxylation is 1. The summed E-state index contributed by atoms with van der Waals surface area (Å²) in [5, 5.41) is 12.2. The molecule has 5 heteroatoms. The molecule has 0 aliphatic heterocycles. The summed E-state index contributed by atoms with van der Waals surface area (Å²) in [6.45, 7) is 2.19. The number of rotatable bonds is 6. The maximum Gasteiger partial charge on any atom is 0.203 e. The van der Waals surface area contributed by atoms with E-state index in [-0.39, 0.29) is 0 Å². The standard InChI is InChI=1S/C18H21N5/c1-13(7-8-14-5-3-2-4-6-14)20-16-18-22-21-17(15-9-10-15)23(18)12-11-19-16/h2-6,11-13,15H,7-10H2,1H3,(H,19,20). The monoisotopic (exact) mass is 307 g/mol. The summed E-state index contributed by atoms with van der Waals surface area (Å²) < 4.78 is 2.08. The fraction of sp³-hybridized carbons (Fsp3) is 0.389. The first-order valence-corrected chi connectivity index (χ1v) is 8.31. The molecule has 2 aromatic heterocycles. The van der Waals surface area contributed by atoms with Crippen LogP contribution in [-0.2, 0) is 6.42 Å². The number of hydrogen-bond donors (Lipinski definition) is 1. The van der Waals surface area contributed by atoms with E-state index in [9.17, 15) is 0 Å². The topological polar surface area (TPSA) is 55.1 Å². The van der Waals surface area contributed by atoms with E-state index in [1.165, 1.54) is 18.4 Å². The van der Waals surface area contributed by atoms with Crippen molar-refractivity contribution >= 4 is 11.5 Å². The van der Waals surface area contributed by atoms with E-state index in [1.54, 1.807) is 0 Å². The number of nitrogens with one attached hydrogen (secondary N) is 1. The minimum absolute atomic E-state index is 0.329. The van der Waals surface area contributed by atoms with Crippen LogP contribution in [0.5, 0.6) is 0 Å². The van der Waals surface area contributed by atoms with Crippen molar-refractivity contribution in [2.45, 2.75) is 44.6 Å². The summed E-state index contributed by atoms with van der Waals surface area (Å²) in [5.74, 6) is 2.48. The third-order valence-corrected chi connectivity index (χ3v) is 4.39. The van der Waals surface area contributed by atoms with Crippen molar-refractivity contribution in [3.8, 4) is 0 Å². The minimum atomic E-state index is 0.329. The SMILES string of the molecule is CC(CCc1ccccc1)Nc1nccn2c(C3CC3)nnc12. The number of nitrogens with zero attached hydrogens (tertiary/aromatic N) is 4. The smallest absolute Gasteiger partial charge is 0.203 e. The Balaban J connectivity index is 1.46. The van der Waals surface area contributed by atoms with Crippen LogP contribution in [0.1, 0.15) is 43.5 Å². The Morgan fingerprint density at radius 3 is 2.83 bits per heavy atom. The fourth-order valence-electron chi connectivity index (χ4n) is 2.90. The molecule has 0 radical (unpaired) electrons. The molecule has 23 heavy (non-hydrogen) atoms. The van der Waals surface area contributed by atoms with E-state index in [4.69, 9.17) is 0 Å². The average Bonchev–Trinajstić information content (AvgIpc) is 3.33. The molecule has 0 bridgehead atoms. The van der Waals surface area contributed by atoms with Crippen LogP contribution in [-0.4, -0.2) is 25.6 Å². The van der Waals surface area contributed by atoms with Crippen LogP contribution in [0.2, 0.25) is 0 Å². The number of aromatic nitrogens is 4. The molecule has 2 heterocycles. The Labute approximate surface area is 135 Å². The summed E-state index contributed by atoms with van der Waals surface area (Å²) in [6.07, 6.45) is 8.34. The molecular formula is C18H21N5. The molecule has 0 spiro atoms. The first-order valence-electron chi connectivity index (χ1n) is 8.31. The molecule has 0 saturated heterocycles. The summed E-state index contributed by atoms with van der Waals surface area (Å²) in [4.78, 5) is 4.46. The third kappa shape index (κ3) is 3.04. The highest BCUT2D eigenvalue weighted by Crippen LogP contribution is 2.39. The van der Waals surface area contributed by atoms with Gasteiger partial charge in [0.1, 0.15) is 5.82 Å². The lowest BCUT2D eigenvalue weighted by Gasteiger charge is -2.14. The Hall–Kier alpha value is -2.43. The zero-order valence-electron chi connectivity index (χ0n) is 13.3. The summed E-state index contributed by atoms with van der Waals surface area (Å²) in [6, 6.07) is 10.9. The molecular weight excluding hydrogens is 286 g/mol. The molecule has 0 amide bonds. The first kappa shape index (κ1) is 14.2. The highest BCUT2D eigenvalue weighted by Gasteiger charge is 2.29. The molecule has 5 nitrogen and oxygen atoms in total. The molecule has 1 aliphatic rings. The van der Waals surface area contributed by atoms with Crippen molar-refractivity contribution in [3.05, 3.63) is 54.1 Å². The minimum Gasteiger partial charge on any atom is -0.364 e. The second-order valence-corrected chi connectivity index (χ2v) is 6.37. The van der Waals surface area contributed by atoms with Gasteiger partial charge in [0, 0.05) is 24.4 Å². The zero-order valence-corrected chi connectivity index (χ0v) is 13.3. The van der Waals surface area contributed by atoms with E-state index >= 15 is 0 Å². The fourth-order valence-corrected chi connectivity index (χ4v) is 2.90. The largest absolute Gasteiger partial charge is 0.364 e. The van der Waals surface area contributed by atoms with Gasteiger partial charge in [-0.2, -0.15) is 0 Å². The highest BCUT2D eigenvalue weighted by molar-refractivity contribution is 5.62. The summed E-state index contributed by atoms with van der Waals surface area (Å²) in [7, 11) is 0. The zero-order chi connectivity index (χ0) is 15.6. The van der Waals surface area contributed by atoms with Crippen LogP contribution >= 0.6 is 0 Å². The van der Waals surface area contributed by atoms with Gasteiger partial charge >= 0.3 is 0 Å². The molecule has 1 unspecified atom stereocenters. The molecule has 1 N–H and O–H groups in total. The Kier molecular flexibility index (Phi) is 3.69. The van der Waals surface area contributed by atoms with Crippen LogP contribution in [0.4, 0.5) is 5.82 Å². The van der Waals surface area contributed by atoms with Gasteiger partial charge in [0.05, 0.1) is 0 Å². The van der Waals surface area contributed by atoms with Crippen molar-refractivity contribution in [3.63, 3.8) is 0 Å². The van der Waals surface area contributed by atoms with Crippen molar-refractivity contribution in [2.24, 2.45) is 0 Å². The van der Waals surface area contributed by atoms with Gasteiger partial charge in [-0.05, 0) is 38.2 Å². The van der Waals surface area contributed by atoms with Gasteiger partial charge in [0.15, 0.2) is 5.82 Å². The normalized spacial score (nSPS) is 15.7. The molecule has 1 aromatic carbocycles. The summed E-state index contributed by atoms with van der Waals surface area (Å²) in [5.41, 5.74) is 2.20. The molecule has 1 atom stereocenters. The average molecular weight is 307 g/mol. The van der Waals surface area contributed by atoms with Crippen LogP contribution in [0, 0.1) is 0 Å². The van der Waals surface area contributed by atoms with Crippen LogP contribution in [0.3, 0.4) is 0 Å². The van der Waals surface area contributed by atoms with Crippen LogP contribution in [0.15, 0.2) is 42.7 Å². The molecule has 3 aromatic rings. The van der Waals surface area contributed by atoms with E-state index in [0.29, 0.717) is 12.0 Å². The molecule has 1 saturated carbocycles. The van der Waals surface area contributed by atoms with Gasteiger partial charge in [0.2, 0.25) is 5.65 Å². The maximum absolute atomic E-state index is 4.46. The summed E-state index contributed by atoms with van der Waals surface area (Å²) >= 11 is 0. The van der Waals surface area contributed by atoms with Gasteiger partial charge in [0.25, 0.3) is 0 Å². The predicted octanol–water partition coefficient (Wildman–Crippen LogP) is 3.43. The lowest BCUT2D eigenvalue weighted by Crippen LogP contribution is -2.17. The molecule has 118 valence electrons. The van der Waals surface area contributed by atoms with E-state index in [1.807, 2.05) is 12.4 Å². The maximum atomic E-state index is 4.46. The van der Waals surface area contributed by atoms with E-state index in [0.717, 1.165) is 30.1 Å². The number of fused-ring (bicyclic) bond motifs is 1. The predicted molar refractivity (Wildman–Crippen MR) is 90.6 cm³/mol. The van der Waals surface area contributed by atoms with Crippen LogP contribution in [0.25, 0.3) is 5.65 Å². The number of anilines is 1. The number of benzene rings is 1. The highest BCUT2D eigenvalue weighted by atomic mass is 15.3.